The van der Waals surface area contributed by atoms with Crippen molar-refractivity contribution in [2.75, 3.05) is 26.4 Å². The van der Waals surface area contributed by atoms with Crippen molar-refractivity contribution in [1.29, 1.82) is 0 Å². The second-order valence-electron chi connectivity index (χ2n) is 4.89. The molecule has 0 bridgehead atoms. The quantitative estimate of drug-likeness (QED) is 0.231. The lowest BCUT2D eigenvalue weighted by Crippen LogP contribution is -2.21. The fourth-order valence-corrected chi connectivity index (χ4v) is 7.78. The SMILES string of the molecule is C=CC[C@@H](C=O)CC(P(=O)(OCC)OCC)P(=O)(OCC)OCC. The summed E-state index contributed by atoms with van der Waals surface area (Å²) in [4.78, 5) is 11.3. The Hall–Kier alpha value is -0.290. The van der Waals surface area contributed by atoms with Crippen LogP contribution in [0.2, 0.25) is 0 Å². The normalized spacial score (nSPS) is 13.9. The van der Waals surface area contributed by atoms with Crippen molar-refractivity contribution in [3.63, 3.8) is 0 Å². The molecule has 142 valence electrons. The Morgan fingerprint density at radius 2 is 1.25 bits per heavy atom. The summed E-state index contributed by atoms with van der Waals surface area (Å²) in [6.07, 6.45) is 2.66. The standard InChI is InChI=1S/C15H30O7P2/c1-6-11-14(13-16)12-15(23(17,19-7-2)20-8-3)24(18,21-9-4)22-10-5/h6,13-15H,1,7-12H2,2-5H3/t14-/m1/s1. The predicted octanol–water partition coefficient (Wildman–Crippen LogP) is 4.63. The van der Waals surface area contributed by atoms with Crippen LogP contribution in [0.3, 0.4) is 0 Å². The van der Waals surface area contributed by atoms with Crippen LogP contribution in [0.15, 0.2) is 12.7 Å². The van der Waals surface area contributed by atoms with E-state index in [1.807, 2.05) is 0 Å². The molecule has 0 aromatic heterocycles. The molecule has 0 aromatic rings. The summed E-state index contributed by atoms with van der Waals surface area (Å²) in [6.45, 7) is 10.7. The van der Waals surface area contributed by atoms with E-state index in [1.54, 1.807) is 33.8 Å². The van der Waals surface area contributed by atoms with Gasteiger partial charge in [0.1, 0.15) is 6.29 Å². The van der Waals surface area contributed by atoms with Gasteiger partial charge in [-0.3, -0.25) is 9.13 Å². The van der Waals surface area contributed by atoms with E-state index in [0.717, 1.165) is 6.29 Å². The Labute approximate surface area is 145 Å². The van der Waals surface area contributed by atoms with Gasteiger partial charge in [0.2, 0.25) is 0 Å². The lowest BCUT2D eigenvalue weighted by atomic mass is 10.1. The van der Waals surface area contributed by atoms with Crippen molar-refractivity contribution in [3.05, 3.63) is 12.7 Å². The van der Waals surface area contributed by atoms with Crippen molar-refractivity contribution in [2.24, 2.45) is 5.92 Å². The van der Waals surface area contributed by atoms with Crippen LogP contribution in [0.25, 0.3) is 0 Å². The number of carbonyl (C=O) groups is 1. The molecule has 0 heterocycles. The number of carbonyl (C=O) groups excluding carboxylic acids is 1. The van der Waals surface area contributed by atoms with Crippen LogP contribution in [0, 0.1) is 5.92 Å². The topological polar surface area (TPSA) is 88.1 Å². The second-order valence-corrected chi connectivity index (χ2v) is 9.73. The maximum absolute atomic E-state index is 13.2. The molecule has 0 spiro atoms. The van der Waals surface area contributed by atoms with E-state index >= 15 is 0 Å². The molecule has 0 amide bonds. The number of hydrogen-bond donors (Lipinski definition) is 0. The molecule has 0 saturated heterocycles. The van der Waals surface area contributed by atoms with Crippen LogP contribution in [-0.2, 0) is 32.0 Å². The van der Waals surface area contributed by atoms with Crippen LogP contribution >= 0.6 is 15.2 Å². The van der Waals surface area contributed by atoms with Gasteiger partial charge in [-0.1, -0.05) is 6.08 Å². The minimum atomic E-state index is -3.81. The van der Waals surface area contributed by atoms with Crippen LogP contribution in [-0.4, -0.2) is 38.1 Å². The summed E-state index contributed by atoms with van der Waals surface area (Å²) in [5.74, 6) is -0.532. The highest BCUT2D eigenvalue weighted by Gasteiger charge is 2.51. The van der Waals surface area contributed by atoms with Gasteiger partial charge in [0.05, 0.1) is 26.4 Å². The van der Waals surface area contributed by atoms with E-state index in [4.69, 9.17) is 18.1 Å². The van der Waals surface area contributed by atoms with Gasteiger partial charge in [-0.25, -0.2) is 0 Å². The number of allylic oxidation sites excluding steroid dienone is 1. The molecule has 0 aliphatic carbocycles. The van der Waals surface area contributed by atoms with Gasteiger partial charge in [0, 0.05) is 5.92 Å². The fourth-order valence-electron chi connectivity index (χ4n) is 2.26. The average molecular weight is 384 g/mol. The van der Waals surface area contributed by atoms with E-state index < -0.39 is 26.5 Å². The number of aldehydes is 1. The third kappa shape index (κ3) is 6.91. The highest BCUT2D eigenvalue weighted by atomic mass is 31.2. The van der Waals surface area contributed by atoms with Crippen molar-refractivity contribution in [1.82, 2.24) is 0 Å². The van der Waals surface area contributed by atoms with Gasteiger partial charge in [-0.2, -0.15) is 0 Å². The van der Waals surface area contributed by atoms with E-state index in [0.29, 0.717) is 6.42 Å². The molecule has 0 unspecified atom stereocenters. The first-order valence-corrected chi connectivity index (χ1v) is 11.4. The second kappa shape index (κ2) is 12.1. The lowest BCUT2D eigenvalue weighted by Gasteiger charge is -2.32. The minimum absolute atomic E-state index is 0.00404. The first-order valence-electron chi connectivity index (χ1n) is 8.21. The highest BCUT2D eigenvalue weighted by Crippen LogP contribution is 2.71. The maximum Gasteiger partial charge on any atom is 0.345 e. The zero-order valence-corrected chi connectivity index (χ0v) is 16.8. The van der Waals surface area contributed by atoms with E-state index in [9.17, 15) is 13.9 Å². The van der Waals surface area contributed by atoms with Gasteiger partial charge in [0.25, 0.3) is 0 Å². The zero-order valence-electron chi connectivity index (χ0n) is 15.0. The van der Waals surface area contributed by atoms with Gasteiger partial charge in [0.15, 0.2) is 5.40 Å². The van der Waals surface area contributed by atoms with Crippen molar-refractivity contribution in [3.8, 4) is 0 Å². The molecule has 7 nitrogen and oxygen atoms in total. The van der Waals surface area contributed by atoms with Crippen LogP contribution < -0.4 is 0 Å². The van der Waals surface area contributed by atoms with Gasteiger partial charge in [-0.05, 0) is 40.5 Å². The molecule has 0 rings (SSSR count). The van der Waals surface area contributed by atoms with Crippen molar-refractivity contribution >= 4 is 21.5 Å². The molecule has 1 atom stereocenters. The molecule has 9 heteroatoms. The Morgan fingerprint density at radius 1 is 0.875 bits per heavy atom. The Balaban J connectivity index is 5.93. The summed E-state index contributed by atoms with van der Waals surface area (Å²) >= 11 is 0. The maximum atomic E-state index is 13.2. The molecule has 0 aliphatic rings. The molecule has 0 saturated carbocycles. The van der Waals surface area contributed by atoms with Crippen LogP contribution in [0.1, 0.15) is 40.5 Å². The van der Waals surface area contributed by atoms with Gasteiger partial charge in [-0.15, -0.1) is 6.58 Å². The molecule has 0 fully saturated rings. The van der Waals surface area contributed by atoms with Crippen molar-refractivity contribution < 1.29 is 32.0 Å². The Morgan fingerprint density at radius 3 is 1.50 bits per heavy atom. The third-order valence-electron chi connectivity index (χ3n) is 3.14. The zero-order chi connectivity index (χ0) is 18.6. The first kappa shape index (κ1) is 23.7. The lowest BCUT2D eigenvalue weighted by molar-refractivity contribution is -0.111. The van der Waals surface area contributed by atoms with Crippen LogP contribution in [0.4, 0.5) is 0 Å². The summed E-state index contributed by atoms with van der Waals surface area (Å²) in [7, 11) is -7.61. The number of rotatable bonds is 15. The average Bonchev–Trinajstić information content (AvgIpc) is 2.52. The molecule has 0 aliphatic heterocycles. The molecular formula is C15H30O7P2. The molecule has 0 aromatic carbocycles. The van der Waals surface area contributed by atoms with Crippen LogP contribution in [0.5, 0.6) is 0 Å². The molecule has 0 radical (unpaired) electrons. The molecule has 0 N–H and O–H groups in total. The summed E-state index contributed by atoms with van der Waals surface area (Å²) in [5, 5.41) is -1.17. The van der Waals surface area contributed by atoms with E-state index in [2.05, 4.69) is 6.58 Å². The largest absolute Gasteiger partial charge is 0.345 e. The first-order chi connectivity index (χ1) is 11.4. The monoisotopic (exact) mass is 384 g/mol. The van der Waals surface area contributed by atoms with E-state index in [-0.39, 0.29) is 32.8 Å². The van der Waals surface area contributed by atoms with Gasteiger partial charge >= 0.3 is 15.2 Å². The van der Waals surface area contributed by atoms with Crippen molar-refractivity contribution in [2.45, 2.75) is 45.9 Å². The summed E-state index contributed by atoms with van der Waals surface area (Å²) < 4.78 is 47.9. The third-order valence-corrected chi connectivity index (χ3v) is 9.19. The summed E-state index contributed by atoms with van der Waals surface area (Å²) in [6, 6.07) is 0. The number of hydrogen-bond acceptors (Lipinski definition) is 7. The Kier molecular flexibility index (Phi) is 12.0. The molecular weight excluding hydrogens is 354 g/mol. The van der Waals surface area contributed by atoms with Gasteiger partial charge < -0.3 is 22.9 Å². The highest BCUT2D eigenvalue weighted by molar-refractivity contribution is 7.72. The smallest absolute Gasteiger partial charge is 0.308 e. The fraction of sp³-hybridized carbons (Fsp3) is 0.800. The van der Waals surface area contributed by atoms with E-state index in [1.165, 1.54) is 0 Å². The molecule has 24 heavy (non-hydrogen) atoms. The Bertz CT molecular complexity index is 417. The predicted molar refractivity (Wildman–Crippen MR) is 94.5 cm³/mol. The minimum Gasteiger partial charge on any atom is -0.308 e. The summed E-state index contributed by atoms with van der Waals surface area (Å²) in [5.41, 5.74) is 0.